The van der Waals surface area contributed by atoms with E-state index in [-0.39, 0.29) is 24.3 Å². The summed E-state index contributed by atoms with van der Waals surface area (Å²) in [6, 6.07) is 1.39. The third-order valence-electron chi connectivity index (χ3n) is 5.17. The van der Waals surface area contributed by atoms with Crippen LogP contribution in [0.15, 0.2) is 31.2 Å². The Balaban J connectivity index is 1.75. The Morgan fingerprint density at radius 1 is 1.19 bits per heavy atom. The largest absolute Gasteiger partial charge is 0.462 e. The van der Waals surface area contributed by atoms with Crippen molar-refractivity contribution in [2.24, 2.45) is 0 Å². The van der Waals surface area contributed by atoms with E-state index in [1.807, 2.05) is 0 Å². The minimum atomic E-state index is -3.07. The number of hydrogen-bond donors (Lipinski definition) is 2. The van der Waals surface area contributed by atoms with Gasteiger partial charge in [-0.2, -0.15) is 4.67 Å². The molecule has 14 nitrogen and oxygen atoms in total. The molecule has 194 valence electrons. The number of esters is 1. The zero-order valence-electron chi connectivity index (χ0n) is 20.7. The van der Waals surface area contributed by atoms with Crippen LogP contribution in [0, 0.1) is 0 Å². The number of nitrogens with one attached hydrogen (secondary N) is 1. The van der Waals surface area contributed by atoms with E-state index in [1.165, 1.54) is 29.6 Å². The standard InChI is InChI=1S/C21H30N9O5P/c1-13(2)35-20(32)21(4,5)30(36(33)28-19(31)15-6-7-23-9-24-15)12-34-14(3)8-29-11-27-16-17(22)25-10-26-18(16)29/h6-7,9-11,13-14,36H,8,12H2,1-5H3,(H2,22,25,26)(H,28,31,33)/t14-/m1/s1. The van der Waals surface area contributed by atoms with Crippen molar-refractivity contribution in [1.29, 1.82) is 0 Å². The highest BCUT2D eigenvalue weighted by Gasteiger charge is 2.40. The molecule has 3 aromatic rings. The fourth-order valence-electron chi connectivity index (χ4n) is 3.16. The molecule has 1 unspecified atom stereocenters. The maximum absolute atomic E-state index is 13.3. The molecule has 0 bridgehead atoms. The van der Waals surface area contributed by atoms with Crippen LogP contribution in [-0.2, 0) is 25.4 Å². The van der Waals surface area contributed by atoms with Crippen molar-refractivity contribution in [3.8, 4) is 0 Å². The molecule has 0 fully saturated rings. The van der Waals surface area contributed by atoms with Crippen LogP contribution < -0.4 is 10.8 Å². The second kappa shape index (κ2) is 11.5. The number of nitrogens with zero attached hydrogens (tertiary/aromatic N) is 7. The molecule has 3 aromatic heterocycles. The first-order valence-corrected chi connectivity index (χ1v) is 12.5. The molecule has 0 aromatic carbocycles. The smallest absolute Gasteiger partial charge is 0.326 e. The van der Waals surface area contributed by atoms with E-state index in [0.29, 0.717) is 17.7 Å². The summed E-state index contributed by atoms with van der Waals surface area (Å²) in [5.41, 5.74) is 5.51. The predicted molar refractivity (Wildman–Crippen MR) is 131 cm³/mol. The SMILES string of the molecule is CC(C)OC(=O)C(C)(C)N(CO[C@H](C)Cn1cnc2c(N)ncnc21)[PH](=O)NC(=O)c1ccncn1. The second-order valence-corrected chi connectivity index (χ2v) is 10.1. The van der Waals surface area contributed by atoms with Crippen LogP contribution in [0.1, 0.15) is 45.1 Å². The van der Waals surface area contributed by atoms with Crippen LogP contribution in [0.25, 0.3) is 11.2 Å². The van der Waals surface area contributed by atoms with Gasteiger partial charge in [-0.1, -0.05) is 0 Å². The van der Waals surface area contributed by atoms with Crippen molar-refractivity contribution in [3.05, 3.63) is 36.9 Å². The van der Waals surface area contributed by atoms with E-state index in [9.17, 15) is 14.2 Å². The molecule has 0 aliphatic carbocycles. The Kier molecular flexibility index (Phi) is 8.66. The van der Waals surface area contributed by atoms with E-state index < -0.39 is 31.6 Å². The molecule has 0 spiro atoms. The zero-order chi connectivity index (χ0) is 26.5. The van der Waals surface area contributed by atoms with Crippen LogP contribution >= 0.6 is 8.10 Å². The van der Waals surface area contributed by atoms with Crippen molar-refractivity contribution in [2.75, 3.05) is 12.5 Å². The molecule has 15 heteroatoms. The highest BCUT2D eigenvalue weighted by atomic mass is 31.1. The van der Waals surface area contributed by atoms with Gasteiger partial charge in [-0.15, -0.1) is 0 Å². The third kappa shape index (κ3) is 6.39. The number of nitrogens with two attached hydrogens (primary N) is 1. The van der Waals surface area contributed by atoms with Crippen molar-refractivity contribution in [3.63, 3.8) is 0 Å². The van der Waals surface area contributed by atoms with E-state index in [4.69, 9.17) is 15.2 Å². The molecule has 36 heavy (non-hydrogen) atoms. The van der Waals surface area contributed by atoms with Gasteiger partial charge in [0.2, 0.25) is 8.10 Å². The van der Waals surface area contributed by atoms with Gasteiger partial charge in [-0.25, -0.2) is 24.9 Å². The van der Waals surface area contributed by atoms with Crippen LogP contribution in [0.3, 0.4) is 0 Å². The van der Waals surface area contributed by atoms with Gasteiger partial charge < -0.3 is 19.8 Å². The Hall–Kier alpha value is -3.48. The highest BCUT2D eigenvalue weighted by molar-refractivity contribution is 7.40. The lowest BCUT2D eigenvalue weighted by Crippen LogP contribution is -2.50. The maximum atomic E-state index is 13.3. The summed E-state index contributed by atoms with van der Waals surface area (Å²) in [7, 11) is -3.07. The number of ether oxygens (including phenoxy) is 2. The molecular formula is C21H30N9O5P. The van der Waals surface area contributed by atoms with Crippen molar-refractivity contribution in [2.45, 2.75) is 58.9 Å². The van der Waals surface area contributed by atoms with Gasteiger partial charge in [0.25, 0.3) is 5.91 Å². The first-order valence-electron chi connectivity index (χ1n) is 11.1. The number of hydrogen-bond acceptors (Lipinski definition) is 11. The van der Waals surface area contributed by atoms with Gasteiger partial charge in [0, 0.05) is 6.20 Å². The number of carbonyl (C=O) groups excluding carboxylic acids is 2. The van der Waals surface area contributed by atoms with Gasteiger partial charge in [0.05, 0.1) is 25.1 Å². The highest BCUT2D eigenvalue weighted by Crippen LogP contribution is 2.33. The third-order valence-corrected chi connectivity index (χ3v) is 6.79. The van der Waals surface area contributed by atoms with Crippen molar-refractivity contribution >= 4 is 37.0 Å². The first-order chi connectivity index (χ1) is 17.0. The molecule has 3 N–H and O–H groups in total. The van der Waals surface area contributed by atoms with E-state index in [2.05, 4.69) is 30.0 Å². The number of carbonyl (C=O) groups is 2. The number of anilines is 1. The van der Waals surface area contributed by atoms with Crippen molar-refractivity contribution in [1.82, 2.24) is 39.2 Å². The zero-order valence-corrected chi connectivity index (χ0v) is 21.7. The van der Waals surface area contributed by atoms with Crippen LogP contribution in [0.4, 0.5) is 5.82 Å². The average Bonchev–Trinajstić information content (AvgIpc) is 3.23. The minimum Gasteiger partial charge on any atom is -0.462 e. The molecule has 3 heterocycles. The summed E-state index contributed by atoms with van der Waals surface area (Å²) < 4.78 is 27.6. The Morgan fingerprint density at radius 2 is 1.94 bits per heavy atom. The Morgan fingerprint density at radius 3 is 2.61 bits per heavy atom. The molecule has 0 saturated carbocycles. The first kappa shape index (κ1) is 27.1. The van der Waals surface area contributed by atoms with Gasteiger partial charge in [-0.05, 0) is 40.7 Å². The van der Waals surface area contributed by atoms with Gasteiger partial charge in [0.1, 0.15) is 36.1 Å². The topological polar surface area (TPSA) is 180 Å². The number of rotatable bonds is 11. The molecule has 2 atom stereocenters. The van der Waals surface area contributed by atoms with E-state index >= 15 is 0 Å². The normalized spacial score (nSPS) is 13.6. The molecule has 0 aliphatic heterocycles. The maximum Gasteiger partial charge on any atom is 0.326 e. The molecule has 3 rings (SSSR count). The van der Waals surface area contributed by atoms with Crippen LogP contribution in [0.2, 0.25) is 0 Å². The lowest BCUT2D eigenvalue weighted by molar-refractivity contribution is -0.160. The number of amides is 1. The Bertz CT molecular complexity index is 1240. The van der Waals surface area contributed by atoms with Crippen LogP contribution in [-0.4, -0.2) is 70.5 Å². The van der Waals surface area contributed by atoms with Gasteiger partial charge >= 0.3 is 5.97 Å². The summed E-state index contributed by atoms with van der Waals surface area (Å²) in [6.45, 7) is 8.41. The fraction of sp³-hybridized carbons (Fsp3) is 0.476. The molecular weight excluding hydrogens is 489 g/mol. The number of aromatic nitrogens is 6. The fourth-order valence-corrected chi connectivity index (χ4v) is 4.41. The van der Waals surface area contributed by atoms with Crippen LogP contribution in [0.5, 0.6) is 0 Å². The van der Waals surface area contributed by atoms with Gasteiger partial charge in [0.15, 0.2) is 11.5 Å². The summed E-state index contributed by atoms with van der Waals surface area (Å²) in [4.78, 5) is 45.4. The summed E-state index contributed by atoms with van der Waals surface area (Å²) >= 11 is 0. The van der Waals surface area contributed by atoms with Gasteiger partial charge in [-0.3, -0.25) is 19.2 Å². The van der Waals surface area contributed by atoms with E-state index in [0.717, 1.165) is 0 Å². The Labute approximate surface area is 208 Å². The summed E-state index contributed by atoms with van der Waals surface area (Å²) in [5.74, 6) is -1.02. The molecule has 0 saturated heterocycles. The quantitative estimate of drug-likeness (QED) is 0.211. The molecule has 0 radical (unpaired) electrons. The number of fused-ring (bicyclic) bond motifs is 1. The summed E-state index contributed by atoms with van der Waals surface area (Å²) in [6.07, 6.45) is 4.70. The summed E-state index contributed by atoms with van der Waals surface area (Å²) in [5, 5.41) is 2.42. The lowest BCUT2D eigenvalue weighted by Gasteiger charge is -2.36. The lowest BCUT2D eigenvalue weighted by atomic mass is 10.1. The minimum absolute atomic E-state index is 0.0356. The number of imidazole rings is 1. The van der Waals surface area contributed by atoms with Crippen molar-refractivity contribution < 1.29 is 23.6 Å². The predicted octanol–water partition coefficient (Wildman–Crippen LogP) is 1.41. The monoisotopic (exact) mass is 519 g/mol. The number of nitrogen functional groups attached to an aromatic ring is 1. The van der Waals surface area contributed by atoms with E-state index in [1.54, 1.807) is 45.5 Å². The molecule has 1 amide bonds. The average molecular weight is 520 g/mol. The second-order valence-electron chi connectivity index (χ2n) is 8.73. The molecule has 0 aliphatic rings.